The molecule has 1 aliphatic rings. The van der Waals surface area contributed by atoms with Crippen molar-refractivity contribution in [2.45, 2.75) is 30.3 Å². The van der Waals surface area contributed by atoms with Crippen LogP contribution in [0.3, 0.4) is 0 Å². The Morgan fingerprint density at radius 1 is 1.43 bits per heavy atom. The van der Waals surface area contributed by atoms with E-state index >= 15 is 0 Å². The molecule has 1 aliphatic heterocycles. The molecule has 1 atom stereocenters. The first-order valence-electron chi connectivity index (χ1n) is 6.52. The highest BCUT2D eigenvalue weighted by Gasteiger charge is 2.26. The number of hydrogen-bond donors (Lipinski definition) is 3. The fraction of sp³-hybridized carbons (Fsp3) is 0.385. The second-order valence-corrected chi connectivity index (χ2v) is 6.62. The molecular formula is C13H17N3O4S. The van der Waals surface area contributed by atoms with E-state index in [1.165, 1.54) is 19.2 Å². The van der Waals surface area contributed by atoms with Gasteiger partial charge in [0.25, 0.3) is 0 Å². The number of carbonyl (C=O) groups is 2. The van der Waals surface area contributed by atoms with Gasteiger partial charge in [-0.3, -0.25) is 9.59 Å². The lowest BCUT2D eigenvalue weighted by molar-refractivity contribution is -0.125. The van der Waals surface area contributed by atoms with Crippen LogP contribution in [-0.2, 0) is 26.2 Å². The highest BCUT2D eigenvalue weighted by atomic mass is 32.2. The number of sulfonamides is 1. The highest BCUT2D eigenvalue weighted by molar-refractivity contribution is 7.89. The number of hydrogen-bond acceptors (Lipinski definition) is 4. The van der Waals surface area contributed by atoms with Crippen LogP contribution in [0.4, 0.5) is 0 Å². The molecule has 0 aliphatic carbocycles. The maximum absolute atomic E-state index is 11.8. The van der Waals surface area contributed by atoms with Crippen LogP contribution in [0.2, 0.25) is 0 Å². The molecule has 0 spiro atoms. The summed E-state index contributed by atoms with van der Waals surface area (Å²) in [5, 5.41) is 5.27. The van der Waals surface area contributed by atoms with Crippen molar-refractivity contribution in [2.24, 2.45) is 0 Å². The standard InChI is InChI=1S/C13H17N3O4S/c1-14-21(19,20)10-4-2-3-9(7-10)8-15-13(18)11-5-6-12(17)16-11/h2-4,7,11,14H,5-6,8H2,1H3,(H,15,18)(H,16,17)/t11-/m1/s1. The maximum atomic E-state index is 11.8. The van der Waals surface area contributed by atoms with Crippen molar-refractivity contribution in [3.05, 3.63) is 29.8 Å². The summed E-state index contributed by atoms with van der Waals surface area (Å²) < 4.78 is 25.6. The summed E-state index contributed by atoms with van der Waals surface area (Å²) >= 11 is 0. The fourth-order valence-electron chi connectivity index (χ4n) is 2.06. The van der Waals surface area contributed by atoms with Gasteiger partial charge in [0.05, 0.1) is 4.90 Å². The molecule has 1 aromatic rings. The van der Waals surface area contributed by atoms with E-state index in [-0.39, 0.29) is 23.3 Å². The molecule has 1 saturated heterocycles. The van der Waals surface area contributed by atoms with E-state index in [1.807, 2.05) is 0 Å². The third-order valence-corrected chi connectivity index (χ3v) is 4.67. The molecule has 114 valence electrons. The molecule has 8 heteroatoms. The van der Waals surface area contributed by atoms with Crippen molar-refractivity contribution in [2.75, 3.05) is 7.05 Å². The van der Waals surface area contributed by atoms with Crippen molar-refractivity contribution >= 4 is 21.8 Å². The molecule has 1 heterocycles. The Labute approximate surface area is 123 Å². The Balaban J connectivity index is 1.99. The summed E-state index contributed by atoms with van der Waals surface area (Å²) in [5.74, 6) is -0.389. The smallest absolute Gasteiger partial charge is 0.242 e. The topological polar surface area (TPSA) is 104 Å². The van der Waals surface area contributed by atoms with Crippen molar-refractivity contribution < 1.29 is 18.0 Å². The lowest BCUT2D eigenvalue weighted by Gasteiger charge is -2.11. The van der Waals surface area contributed by atoms with Crippen LogP contribution < -0.4 is 15.4 Å². The molecule has 7 nitrogen and oxygen atoms in total. The number of rotatable bonds is 5. The number of carbonyl (C=O) groups excluding carboxylic acids is 2. The first-order valence-corrected chi connectivity index (χ1v) is 8.00. The van der Waals surface area contributed by atoms with Crippen LogP contribution in [0.15, 0.2) is 29.2 Å². The number of benzene rings is 1. The third kappa shape index (κ3) is 3.79. The Morgan fingerprint density at radius 2 is 2.19 bits per heavy atom. The molecule has 0 aromatic heterocycles. The predicted octanol–water partition coefficient (Wildman–Crippen LogP) is -0.510. The molecule has 3 N–H and O–H groups in total. The molecule has 0 bridgehead atoms. The zero-order valence-corrected chi connectivity index (χ0v) is 12.4. The minimum absolute atomic E-state index is 0.128. The normalized spacial score (nSPS) is 18.3. The van der Waals surface area contributed by atoms with Gasteiger partial charge in [0.1, 0.15) is 6.04 Å². The first-order chi connectivity index (χ1) is 9.92. The van der Waals surface area contributed by atoms with E-state index in [1.54, 1.807) is 12.1 Å². The average Bonchev–Trinajstić information content (AvgIpc) is 2.92. The summed E-state index contributed by atoms with van der Waals surface area (Å²) in [6, 6.07) is 5.82. The van der Waals surface area contributed by atoms with Crippen LogP contribution in [-0.4, -0.2) is 33.3 Å². The summed E-state index contributed by atoms with van der Waals surface area (Å²) in [4.78, 5) is 23.0. The zero-order valence-electron chi connectivity index (χ0n) is 11.5. The van der Waals surface area contributed by atoms with Gasteiger partial charge in [-0.05, 0) is 31.2 Å². The predicted molar refractivity (Wildman–Crippen MR) is 75.7 cm³/mol. The lowest BCUT2D eigenvalue weighted by Crippen LogP contribution is -2.41. The van der Waals surface area contributed by atoms with Crippen LogP contribution in [0, 0.1) is 0 Å². The van der Waals surface area contributed by atoms with E-state index in [0.717, 1.165) is 0 Å². The second-order valence-electron chi connectivity index (χ2n) is 4.73. The van der Waals surface area contributed by atoms with Gasteiger partial charge in [-0.2, -0.15) is 0 Å². The Bertz CT molecular complexity index is 657. The van der Waals surface area contributed by atoms with Gasteiger partial charge in [-0.15, -0.1) is 0 Å². The van der Waals surface area contributed by atoms with Gasteiger partial charge in [0.15, 0.2) is 0 Å². The summed E-state index contributed by atoms with van der Waals surface area (Å²) in [5.41, 5.74) is 0.670. The molecule has 2 amide bonds. The third-order valence-electron chi connectivity index (χ3n) is 3.26. The Kier molecular flexibility index (Phi) is 4.59. The molecule has 2 rings (SSSR count). The van der Waals surface area contributed by atoms with Gasteiger partial charge in [-0.1, -0.05) is 12.1 Å². The van der Waals surface area contributed by atoms with Crippen LogP contribution >= 0.6 is 0 Å². The Morgan fingerprint density at radius 3 is 2.81 bits per heavy atom. The van der Waals surface area contributed by atoms with E-state index in [4.69, 9.17) is 0 Å². The van der Waals surface area contributed by atoms with E-state index in [9.17, 15) is 18.0 Å². The van der Waals surface area contributed by atoms with Crippen molar-refractivity contribution in [3.63, 3.8) is 0 Å². The van der Waals surface area contributed by atoms with Gasteiger partial charge in [0.2, 0.25) is 21.8 Å². The van der Waals surface area contributed by atoms with E-state index in [2.05, 4.69) is 15.4 Å². The molecule has 1 aromatic carbocycles. The number of amides is 2. The van der Waals surface area contributed by atoms with Gasteiger partial charge >= 0.3 is 0 Å². The highest BCUT2D eigenvalue weighted by Crippen LogP contribution is 2.11. The molecule has 0 saturated carbocycles. The molecule has 0 radical (unpaired) electrons. The minimum atomic E-state index is -3.50. The minimum Gasteiger partial charge on any atom is -0.350 e. The van der Waals surface area contributed by atoms with Crippen molar-refractivity contribution in [1.82, 2.24) is 15.4 Å². The van der Waals surface area contributed by atoms with Crippen molar-refractivity contribution in [1.29, 1.82) is 0 Å². The summed E-state index contributed by atoms with van der Waals surface area (Å²) in [7, 11) is -2.16. The molecule has 21 heavy (non-hydrogen) atoms. The summed E-state index contributed by atoms with van der Waals surface area (Å²) in [6.07, 6.45) is 0.840. The van der Waals surface area contributed by atoms with Crippen molar-refractivity contribution in [3.8, 4) is 0 Å². The number of nitrogens with one attached hydrogen (secondary N) is 3. The van der Waals surface area contributed by atoms with Crippen LogP contribution in [0.1, 0.15) is 18.4 Å². The second kappa shape index (κ2) is 6.23. The largest absolute Gasteiger partial charge is 0.350 e. The SMILES string of the molecule is CNS(=O)(=O)c1cccc(CNC(=O)[C@H]2CCC(=O)N2)c1. The molecule has 1 fully saturated rings. The Hall–Kier alpha value is -1.93. The van der Waals surface area contributed by atoms with Crippen LogP contribution in [0.5, 0.6) is 0 Å². The lowest BCUT2D eigenvalue weighted by atomic mass is 10.2. The summed E-state index contributed by atoms with van der Waals surface area (Å²) in [6.45, 7) is 0.207. The van der Waals surface area contributed by atoms with Gasteiger partial charge in [0, 0.05) is 13.0 Å². The first kappa shape index (κ1) is 15.5. The van der Waals surface area contributed by atoms with Gasteiger partial charge < -0.3 is 10.6 Å². The van der Waals surface area contributed by atoms with E-state index < -0.39 is 16.1 Å². The van der Waals surface area contributed by atoms with Crippen LogP contribution in [0.25, 0.3) is 0 Å². The molecule has 0 unspecified atom stereocenters. The quantitative estimate of drug-likeness (QED) is 0.681. The zero-order chi connectivity index (χ0) is 15.5. The fourth-order valence-corrected chi connectivity index (χ4v) is 2.86. The maximum Gasteiger partial charge on any atom is 0.242 e. The monoisotopic (exact) mass is 311 g/mol. The van der Waals surface area contributed by atoms with Gasteiger partial charge in [-0.25, -0.2) is 13.1 Å². The molecular weight excluding hydrogens is 294 g/mol. The van der Waals surface area contributed by atoms with E-state index in [0.29, 0.717) is 18.4 Å². The average molecular weight is 311 g/mol.